The highest BCUT2D eigenvalue weighted by molar-refractivity contribution is 5.98. The molecule has 2 aromatic rings. The predicted octanol–water partition coefficient (Wildman–Crippen LogP) is 1.19. The largest absolute Gasteiger partial charge is 0.423 e. The number of piperazine rings is 1. The Hall–Kier alpha value is -2.63. The van der Waals surface area contributed by atoms with Crippen molar-refractivity contribution in [3.63, 3.8) is 0 Å². The number of carbonyl (C=O) groups is 2. The number of oxazole rings is 1. The molecule has 3 rings (SSSR count). The van der Waals surface area contributed by atoms with Gasteiger partial charge in [-0.2, -0.15) is 4.98 Å². The molecule has 6 nitrogen and oxygen atoms in total. The smallest absolute Gasteiger partial charge is 0.305 e. The maximum Gasteiger partial charge on any atom is 0.305 e. The van der Waals surface area contributed by atoms with Crippen LogP contribution in [0, 0.1) is 0 Å². The minimum absolute atomic E-state index is 0.0174. The summed E-state index contributed by atoms with van der Waals surface area (Å²) in [5.74, 6) is -0.450. The van der Waals surface area contributed by atoms with Crippen LogP contribution in [0.4, 0.5) is 6.01 Å². The molecule has 1 aliphatic rings. The highest BCUT2D eigenvalue weighted by Gasteiger charge is 2.29. The number of para-hydroxylation sites is 2. The highest BCUT2D eigenvalue weighted by atomic mass is 16.4. The second-order valence-electron chi connectivity index (χ2n) is 4.47. The van der Waals surface area contributed by atoms with Crippen LogP contribution in [-0.2, 0) is 9.59 Å². The van der Waals surface area contributed by atoms with Crippen LogP contribution in [0.2, 0.25) is 0 Å². The Morgan fingerprint density at radius 1 is 1.35 bits per heavy atom. The van der Waals surface area contributed by atoms with E-state index in [1.807, 2.05) is 18.2 Å². The van der Waals surface area contributed by atoms with Crippen molar-refractivity contribution in [2.45, 2.75) is 0 Å². The molecule has 0 N–H and O–H groups in total. The van der Waals surface area contributed by atoms with Gasteiger partial charge < -0.3 is 9.32 Å². The van der Waals surface area contributed by atoms with E-state index in [0.29, 0.717) is 24.2 Å². The minimum atomic E-state index is -0.240. The van der Waals surface area contributed by atoms with Crippen molar-refractivity contribution < 1.29 is 14.0 Å². The maximum atomic E-state index is 12.1. The number of hydrogen-bond acceptors (Lipinski definition) is 4. The lowest BCUT2D eigenvalue weighted by Gasteiger charge is -2.31. The number of hydrogen-bond donors (Lipinski definition) is 0. The van der Waals surface area contributed by atoms with Gasteiger partial charge in [0.05, 0.1) is 0 Å². The summed E-state index contributed by atoms with van der Waals surface area (Å²) in [5, 5.41) is 0. The van der Waals surface area contributed by atoms with Gasteiger partial charge in [0.2, 0.25) is 11.8 Å². The van der Waals surface area contributed by atoms with Crippen LogP contribution >= 0.6 is 0 Å². The Bertz CT molecular complexity index is 659. The van der Waals surface area contributed by atoms with Gasteiger partial charge >= 0.3 is 6.01 Å². The summed E-state index contributed by atoms with van der Waals surface area (Å²) in [6.45, 7) is 4.24. The summed E-state index contributed by atoms with van der Waals surface area (Å²) >= 11 is 0. The Kier molecular flexibility index (Phi) is 2.98. The lowest BCUT2D eigenvalue weighted by Crippen LogP contribution is -2.52. The van der Waals surface area contributed by atoms with Crippen LogP contribution < -0.4 is 4.90 Å². The fourth-order valence-electron chi connectivity index (χ4n) is 2.17. The average Bonchev–Trinajstić information content (AvgIpc) is 2.89. The van der Waals surface area contributed by atoms with Crippen molar-refractivity contribution in [3.05, 3.63) is 36.9 Å². The molecular formula is C14H13N3O3. The van der Waals surface area contributed by atoms with Crippen LogP contribution in [0.3, 0.4) is 0 Å². The number of fused-ring (bicyclic) bond motifs is 1. The Morgan fingerprint density at radius 2 is 2.15 bits per heavy atom. The fraction of sp³-hybridized carbons (Fsp3) is 0.214. The first kappa shape index (κ1) is 12.4. The summed E-state index contributed by atoms with van der Waals surface area (Å²) in [5.41, 5.74) is 1.35. The van der Waals surface area contributed by atoms with Crippen molar-refractivity contribution >= 4 is 28.9 Å². The molecule has 1 aromatic carbocycles. The third-order valence-electron chi connectivity index (χ3n) is 3.22. The van der Waals surface area contributed by atoms with Gasteiger partial charge in [0.25, 0.3) is 0 Å². The molecule has 2 amide bonds. The SMILES string of the molecule is C=CC(=O)N1CCN(c2nc3ccccc3o2)C(=O)C1. The zero-order valence-corrected chi connectivity index (χ0v) is 10.8. The van der Waals surface area contributed by atoms with Gasteiger partial charge in [0.1, 0.15) is 12.1 Å². The molecule has 0 unspecified atom stereocenters. The normalized spacial score (nSPS) is 15.7. The quantitative estimate of drug-likeness (QED) is 0.769. The van der Waals surface area contributed by atoms with Gasteiger partial charge in [-0.1, -0.05) is 18.7 Å². The fourth-order valence-corrected chi connectivity index (χ4v) is 2.17. The summed E-state index contributed by atoms with van der Waals surface area (Å²) < 4.78 is 5.57. The molecule has 0 saturated carbocycles. The first-order valence-corrected chi connectivity index (χ1v) is 6.26. The molecule has 0 spiro atoms. The van der Waals surface area contributed by atoms with Crippen molar-refractivity contribution in [2.75, 3.05) is 24.5 Å². The molecule has 0 aliphatic carbocycles. The number of amides is 2. The van der Waals surface area contributed by atoms with Gasteiger partial charge in [-0.3, -0.25) is 14.5 Å². The molecule has 0 radical (unpaired) electrons. The van der Waals surface area contributed by atoms with Gasteiger partial charge in [-0.25, -0.2) is 0 Å². The van der Waals surface area contributed by atoms with Crippen molar-refractivity contribution in [3.8, 4) is 0 Å². The molecule has 102 valence electrons. The van der Waals surface area contributed by atoms with E-state index in [-0.39, 0.29) is 24.4 Å². The zero-order valence-electron chi connectivity index (χ0n) is 10.8. The van der Waals surface area contributed by atoms with Crippen LogP contribution in [0.25, 0.3) is 11.1 Å². The van der Waals surface area contributed by atoms with Crippen molar-refractivity contribution in [1.29, 1.82) is 0 Å². The first-order chi connectivity index (χ1) is 9.69. The molecule has 6 heteroatoms. The predicted molar refractivity (Wildman–Crippen MR) is 73.1 cm³/mol. The molecule has 0 bridgehead atoms. The summed E-state index contributed by atoms with van der Waals surface area (Å²) in [4.78, 5) is 30.8. The molecule has 1 fully saturated rings. The average molecular weight is 271 g/mol. The molecule has 1 aromatic heterocycles. The highest BCUT2D eigenvalue weighted by Crippen LogP contribution is 2.23. The number of nitrogens with zero attached hydrogens (tertiary/aromatic N) is 3. The van der Waals surface area contributed by atoms with E-state index in [2.05, 4.69) is 11.6 Å². The van der Waals surface area contributed by atoms with E-state index in [1.165, 1.54) is 15.9 Å². The topological polar surface area (TPSA) is 66.7 Å². The molecule has 1 saturated heterocycles. The number of carbonyl (C=O) groups excluding carboxylic acids is 2. The molecule has 1 aliphatic heterocycles. The Labute approximate surface area is 115 Å². The van der Waals surface area contributed by atoms with Crippen LogP contribution in [0.1, 0.15) is 0 Å². The number of anilines is 1. The first-order valence-electron chi connectivity index (χ1n) is 6.26. The van der Waals surface area contributed by atoms with Crippen molar-refractivity contribution in [2.24, 2.45) is 0 Å². The van der Waals surface area contributed by atoms with E-state index in [9.17, 15) is 9.59 Å². The Balaban J connectivity index is 1.83. The third-order valence-corrected chi connectivity index (χ3v) is 3.22. The number of aromatic nitrogens is 1. The number of rotatable bonds is 2. The molecular weight excluding hydrogens is 258 g/mol. The monoisotopic (exact) mass is 271 g/mol. The summed E-state index contributed by atoms with van der Waals surface area (Å²) in [6.07, 6.45) is 1.21. The standard InChI is InChI=1S/C14H13N3O3/c1-2-12(18)16-7-8-17(13(19)9-16)14-15-10-5-3-4-6-11(10)20-14/h2-6H,1,7-9H2. The van der Waals surface area contributed by atoms with Gasteiger partial charge in [0, 0.05) is 13.1 Å². The third kappa shape index (κ3) is 2.05. The summed E-state index contributed by atoms with van der Waals surface area (Å²) in [6, 6.07) is 7.61. The number of benzene rings is 1. The van der Waals surface area contributed by atoms with E-state index in [1.54, 1.807) is 6.07 Å². The van der Waals surface area contributed by atoms with Crippen LogP contribution in [-0.4, -0.2) is 41.3 Å². The van der Waals surface area contributed by atoms with Crippen molar-refractivity contribution in [1.82, 2.24) is 9.88 Å². The lowest BCUT2D eigenvalue weighted by atomic mass is 10.3. The van der Waals surface area contributed by atoms with E-state index in [4.69, 9.17) is 4.42 Å². The van der Waals surface area contributed by atoms with Gasteiger partial charge in [-0.05, 0) is 18.2 Å². The maximum absolute atomic E-state index is 12.1. The second-order valence-corrected chi connectivity index (χ2v) is 4.47. The Morgan fingerprint density at radius 3 is 2.85 bits per heavy atom. The summed E-state index contributed by atoms with van der Waals surface area (Å²) in [7, 11) is 0. The van der Waals surface area contributed by atoms with E-state index in [0.717, 1.165) is 0 Å². The molecule has 2 heterocycles. The minimum Gasteiger partial charge on any atom is -0.423 e. The zero-order chi connectivity index (χ0) is 14.1. The van der Waals surface area contributed by atoms with E-state index < -0.39 is 0 Å². The van der Waals surface area contributed by atoms with Gasteiger partial charge in [0.15, 0.2) is 5.58 Å². The molecule has 0 atom stereocenters. The van der Waals surface area contributed by atoms with Crippen LogP contribution in [0.15, 0.2) is 41.3 Å². The molecule has 20 heavy (non-hydrogen) atoms. The second kappa shape index (κ2) is 4.80. The van der Waals surface area contributed by atoms with E-state index >= 15 is 0 Å². The van der Waals surface area contributed by atoms with Crippen LogP contribution in [0.5, 0.6) is 0 Å². The lowest BCUT2D eigenvalue weighted by molar-refractivity contribution is -0.133. The van der Waals surface area contributed by atoms with Gasteiger partial charge in [-0.15, -0.1) is 0 Å².